The van der Waals surface area contributed by atoms with E-state index in [-0.39, 0.29) is 10.8 Å². The smallest absolute Gasteiger partial charge is 0.258 e. The molecule has 0 aliphatic carbocycles. The van der Waals surface area contributed by atoms with Crippen molar-refractivity contribution in [3.63, 3.8) is 0 Å². The molecular weight excluding hydrogens is 498 g/mol. The second kappa shape index (κ2) is 9.87. The average molecular weight is 528 g/mol. The third-order valence-corrected chi connectivity index (χ3v) is 9.16. The van der Waals surface area contributed by atoms with E-state index in [9.17, 15) is 13.2 Å². The molecule has 7 nitrogen and oxygen atoms in total. The van der Waals surface area contributed by atoms with Crippen LogP contribution in [0.2, 0.25) is 0 Å². The lowest BCUT2D eigenvalue weighted by atomic mass is 10.0. The molecule has 0 bridgehead atoms. The molecule has 2 aliphatic rings. The highest BCUT2D eigenvalue weighted by Crippen LogP contribution is 2.40. The molecule has 0 spiro atoms. The molecule has 0 atom stereocenters. The molecule has 3 aromatic carbocycles. The highest BCUT2D eigenvalue weighted by atomic mass is 32.2. The van der Waals surface area contributed by atoms with Crippen molar-refractivity contribution in [2.24, 2.45) is 0 Å². The molecule has 3 heterocycles. The van der Waals surface area contributed by atoms with E-state index in [1.807, 2.05) is 43.3 Å². The Balaban J connectivity index is 1.45. The maximum absolute atomic E-state index is 13.6. The number of carbonyl (C=O) groups is 1. The van der Waals surface area contributed by atoms with E-state index in [1.165, 1.54) is 9.87 Å². The fraction of sp³-hybridized carbons (Fsp3) is 0.233. The molecule has 0 N–H and O–H groups in total. The lowest BCUT2D eigenvalue weighted by Gasteiger charge is -2.26. The van der Waals surface area contributed by atoms with E-state index in [0.29, 0.717) is 50.5 Å². The molecule has 1 fully saturated rings. The Morgan fingerprint density at radius 1 is 0.947 bits per heavy atom. The molecule has 194 valence electrons. The Bertz CT molecular complexity index is 1650. The van der Waals surface area contributed by atoms with Crippen LogP contribution in [-0.4, -0.2) is 56.0 Å². The summed E-state index contributed by atoms with van der Waals surface area (Å²) in [6.45, 7) is 4.53. The molecule has 1 amide bonds. The number of hydrogen-bond donors (Lipinski definition) is 0. The van der Waals surface area contributed by atoms with E-state index in [0.717, 1.165) is 22.2 Å². The zero-order valence-electron chi connectivity index (χ0n) is 21.2. The molecule has 8 heteroatoms. The van der Waals surface area contributed by atoms with E-state index >= 15 is 0 Å². The molecule has 4 aromatic rings. The van der Waals surface area contributed by atoms with Crippen molar-refractivity contribution in [2.75, 3.05) is 37.7 Å². The number of aromatic nitrogens is 1. The van der Waals surface area contributed by atoms with Gasteiger partial charge in [-0.2, -0.15) is 4.31 Å². The first-order valence-corrected chi connectivity index (χ1v) is 14.3. The summed E-state index contributed by atoms with van der Waals surface area (Å²) >= 11 is 0. The minimum absolute atomic E-state index is 0.122. The SMILES string of the molecule is CCN1C(=O)/C(=C\c2cn(Cc3ccccc3)c3ccccc23)c2cc(S(=O)(=O)N3CCOCC3)ccc21. The minimum Gasteiger partial charge on any atom is -0.379 e. The summed E-state index contributed by atoms with van der Waals surface area (Å²) in [7, 11) is -3.69. The van der Waals surface area contributed by atoms with E-state index in [2.05, 4.69) is 35.0 Å². The third kappa shape index (κ3) is 4.24. The van der Waals surface area contributed by atoms with Crippen LogP contribution in [0.25, 0.3) is 22.6 Å². The number of rotatable bonds is 6. The molecule has 1 aromatic heterocycles. The first-order valence-electron chi connectivity index (χ1n) is 12.8. The molecule has 0 saturated carbocycles. The summed E-state index contributed by atoms with van der Waals surface area (Å²) < 4.78 is 35.7. The van der Waals surface area contributed by atoms with Crippen molar-refractivity contribution >= 4 is 44.2 Å². The number of nitrogens with zero attached hydrogens (tertiary/aromatic N) is 3. The number of sulfonamides is 1. The fourth-order valence-corrected chi connectivity index (χ4v) is 6.78. The van der Waals surface area contributed by atoms with Crippen LogP contribution in [0, 0.1) is 0 Å². The zero-order valence-corrected chi connectivity index (χ0v) is 22.0. The van der Waals surface area contributed by atoms with Gasteiger partial charge in [0.1, 0.15) is 0 Å². The number of fused-ring (bicyclic) bond motifs is 2. The first kappa shape index (κ1) is 24.6. The lowest BCUT2D eigenvalue weighted by molar-refractivity contribution is -0.112. The third-order valence-electron chi connectivity index (χ3n) is 7.26. The largest absolute Gasteiger partial charge is 0.379 e. The Morgan fingerprint density at radius 3 is 2.45 bits per heavy atom. The monoisotopic (exact) mass is 527 g/mol. The van der Waals surface area contributed by atoms with Crippen LogP contribution in [0.15, 0.2) is 83.9 Å². The van der Waals surface area contributed by atoms with Gasteiger partial charge < -0.3 is 14.2 Å². The van der Waals surface area contributed by atoms with Gasteiger partial charge in [0.15, 0.2) is 0 Å². The first-order chi connectivity index (χ1) is 18.5. The van der Waals surface area contributed by atoms with Crippen molar-refractivity contribution in [3.05, 3.63) is 95.7 Å². The number of para-hydroxylation sites is 1. The van der Waals surface area contributed by atoms with Crippen LogP contribution >= 0.6 is 0 Å². The number of hydrogen-bond acceptors (Lipinski definition) is 4. The highest BCUT2D eigenvalue weighted by Gasteiger charge is 2.34. The van der Waals surface area contributed by atoms with Gasteiger partial charge in [-0.05, 0) is 42.8 Å². The van der Waals surface area contributed by atoms with Crippen molar-refractivity contribution < 1.29 is 17.9 Å². The van der Waals surface area contributed by atoms with Gasteiger partial charge in [-0.25, -0.2) is 8.42 Å². The Labute approximate surface area is 222 Å². The molecule has 1 saturated heterocycles. The van der Waals surface area contributed by atoms with Crippen LogP contribution in [0.1, 0.15) is 23.6 Å². The second-order valence-electron chi connectivity index (χ2n) is 9.52. The normalized spacial score (nSPS) is 17.4. The molecule has 2 aliphatic heterocycles. The zero-order chi connectivity index (χ0) is 26.3. The van der Waals surface area contributed by atoms with Crippen molar-refractivity contribution in [1.29, 1.82) is 0 Å². The fourth-order valence-electron chi connectivity index (χ4n) is 5.34. The van der Waals surface area contributed by atoms with Crippen LogP contribution in [0.5, 0.6) is 0 Å². The number of ether oxygens (including phenoxy) is 1. The quantitative estimate of drug-likeness (QED) is 0.343. The predicted molar refractivity (Wildman–Crippen MR) is 149 cm³/mol. The van der Waals surface area contributed by atoms with Crippen molar-refractivity contribution in [1.82, 2.24) is 8.87 Å². The number of benzene rings is 3. The van der Waals surface area contributed by atoms with Gasteiger partial charge in [-0.3, -0.25) is 4.79 Å². The van der Waals surface area contributed by atoms with Gasteiger partial charge in [0.05, 0.1) is 23.8 Å². The standard InChI is InChI=1S/C30H29N3O4S/c1-2-33-29-13-12-24(38(35,36)32-14-16-37-17-15-32)19-26(29)27(30(33)34)18-23-21-31(20-22-8-4-3-5-9-22)28-11-7-6-10-25(23)28/h3-13,18-19,21H,2,14-17,20H2,1H3/b27-18-. The van der Waals surface area contributed by atoms with Gasteiger partial charge >= 0.3 is 0 Å². The van der Waals surface area contributed by atoms with Crippen LogP contribution in [0.3, 0.4) is 0 Å². The van der Waals surface area contributed by atoms with Crippen LogP contribution in [-0.2, 0) is 26.1 Å². The number of likely N-dealkylation sites (N-methyl/N-ethyl adjacent to an activating group) is 1. The molecule has 6 rings (SSSR count). The van der Waals surface area contributed by atoms with E-state index < -0.39 is 10.0 Å². The van der Waals surface area contributed by atoms with Crippen LogP contribution < -0.4 is 4.90 Å². The van der Waals surface area contributed by atoms with Crippen molar-refractivity contribution in [2.45, 2.75) is 18.4 Å². The summed E-state index contributed by atoms with van der Waals surface area (Å²) in [5, 5.41) is 1.04. The van der Waals surface area contributed by atoms with E-state index in [1.54, 1.807) is 23.1 Å². The Hall–Kier alpha value is -3.72. The highest BCUT2D eigenvalue weighted by molar-refractivity contribution is 7.89. The lowest BCUT2D eigenvalue weighted by Crippen LogP contribution is -2.40. The maximum Gasteiger partial charge on any atom is 0.258 e. The maximum atomic E-state index is 13.6. The molecule has 38 heavy (non-hydrogen) atoms. The van der Waals surface area contributed by atoms with Gasteiger partial charge in [0.25, 0.3) is 5.91 Å². The number of morpholine rings is 1. The second-order valence-corrected chi connectivity index (χ2v) is 11.5. The molecule has 0 unspecified atom stereocenters. The van der Waals surface area contributed by atoms with Crippen LogP contribution in [0.4, 0.5) is 5.69 Å². The summed E-state index contributed by atoms with van der Waals surface area (Å²) in [6.07, 6.45) is 3.98. The molecular formula is C30H29N3O4S. The minimum atomic E-state index is -3.69. The summed E-state index contributed by atoms with van der Waals surface area (Å²) in [5.41, 5.74) is 5.06. The number of anilines is 1. The Kier molecular flexibility index (Phi) is 6.39. The topological polar surface area (TPSA) is 71.9 Å². The summed E-state index contributed by atoms with van der Waals surface area (Å²) in [6, 6.07) is 23.4. The van der Waals surface area contributed by atoms with Gasteiger partial charge in [0, 0.05) is 60.0 Å². The summed E-state index contributed by atoms with van der Waals surface area (Å²) in [5.74, 6) is -0.122. The molecule has 0 radical (unpaired) electrons. The van der Waals surface area contributed by atoms with Crippen molar-refractivity contribution in [3.8, 4) is 0 Å². The van der Waals surface area contributed by atoms with Gasteiger partial charge in [-0.1, -0.05) is 48.5 Å². The van der Waals surface area contributed by atoms with E-state index in [4.69, 9.17) is 4.74 Å². The number of amides is 1. The Morgan fingerprint density at radius 2 is 1.68 bits per heavy atom. The van der Waals surface area contributed by atoms with Gasteiger partial charge in [0.2, 0.25) is 10.0 Å². The summed E-state index contributed by atoms with van der Waals surface area (Å²) in [4.78, 5) is 15.5. The van der Waals surface area contributed by atoms with Gasteiger partial charge in [-0.15, -0.1) is 0 Å². The number of carbonyl (C=O) groups excluding carboxylic acids is 1. The predicted octanol–water partition coefficient (Wildman–Crippen LogP) is 4.62. The average Bonchev–Trinajstić information content (AvgIpc) is 3.43.